The first kappa shape index (κ1) is 14.5. The Morgan fingerprint density at radius 1 is 1.11 bits per heavy atom. The van der Waals surface area contributed by atoms with Gasteiger partial charge in [-0.3, -0.25) is 0 Å². The van der Waals surface area contributed by atoms with Crippen LogP contribution in [0.4, 0.5) is 17.6 Å². The average Bonchev–Trinajstić information content (AvgIpc) is 2.27. The number of hydrogen-bond donors (Lipinski definition) is 4. The van der Waals surface area contributed by atoms with E-state index >= 15 is 0 Å². The van der Waals surface area contributed by atoms with E-state index in [0.29, 0.717) is 29.4 Å². The van der Waals surface area contributed by atoms with Gasteiger partial charge in [0, 0.05) is 12.6 Å². The Morgan fingerprint density at radius 2 is 1.67 bits per heavy atom. The molecule has 6 nitrogen and oxygen atoms in total. The lowest BCUT2D eigenvalue weighted by Crippen LogP contribution is -2.25. The van der Waals surface area contributed by atoms with Crippen LogP contribution in [0.5, 0.6) is 0 Å². The fraction of sp³-hybridized carbons (Fsp3) is 0.667. The first-order chi connectivity index (χ1) is 8.43. The summed E-state index contributed by atoms with van der Waals surface area (Å²) < 4.78 is 0. The van der Waals surface area contributed by atoms with E-state index in [4.69, 9.17) is 11.6 Å². The molecule has 0 radical (unpaired) electrons. The highest BCUT2D eigenvalue weighted by Crippen LogP contribution is 2.21. The lowest BCUT2D eigenvalue weighted by molar-refractivity contribution is 0.304. The number of nitrogen functional groups attached to an aromatic ring is 2. The molecule has 102 valence electrons. The molecule has 0 unspecified atom stereocenters. The van der Waals surface area contributed by atoms with Gasteiger partial charge in [0.15, 0.2) is 0 Å². The highest BCUT2D eigenvalue weighted by atomic mass is 15.3. The lowest BCUT2D eigenvalue weighted by atomic mass is 9.85. The quantitative estimate of drug-likeness (QED) is 0.454. The summed E-state index contributed by atoms with van der Waals surface area (Å²) in [6.45, 7) is 9.78. The van der Waals surface area contributed by atoms with Crippen molar-refractivity contribution in [1.82, 2.24) is 9.97 Å². The summed E-state index contributed by atoms with van der Waals surface area (Å²) in [7, 11) is 0. The van der Waals surface area contributed by atoms with Gasteiger partial charge < -0.3 is 16.5 Å². The van der Waals surface area contributed by atoms with Crippen molar-refractivity contribution in [1.29, 1.82) is 0 Å². The van der Waals surface area contributed by atoms with Crippen molar-refractivity contribution in [2.45, 2.75) is 27.7 Å². The van der Waals surface area contributed by atoms with Crippen LogP contribution < -0.4 is 22.3 Å². The molecule has 0 saturated heterocycles. The SMILES string of the molecule is CC(C)C(CNc1cc(NN)nc(N)n1)C(C)C. The minimum atomic E-state index is 0.207. The average molecular weight is 252 g/mol. The van der Waals surface area contributed by atoms with Gasteiger partial charge in [-0.25, -0.2) is 5.84 Å². The maximum atomic E-state index is 5.60. The molecule has 0 saturated carbocycles. The Hall–Kier alpha value is -1.56. The molecule has 6 N–H and O–H groups in total. The second-order valence-corrected chi connectivity index (χ2v) is 5.17. The number of rotatable bonds is 6. The molecule has 1 heterocycles. The summed E-state index contributed by atoms with van der Waals surface area (Å²) >= 11 is 0. The van der Waals surface area contributed by atoms with Crippen molar-refractivity contribution < 1.29 is 0 Å². The largest absolute Gasteiger partial charge is 0.370 e. The van der Waals surface area contributed by atoms with Crippen molar-refractivity contribution in [2.24, 2.45) is 23.6 Å². The summed E-state index contributed by atoms with van der Waals surface area (Å²) in [5.74, 6) is 8.54. The molecule has 1 aromatic rings. The number of anilines is 3. The maximum absolute atomic E-state index is 5.60. The molecule has 1 rings (SSSR count). The topological polar surface area (TPSA) is 102 Å². The maximum Gasteiger partial charge on any atom is 0.223 e. The van der Waals surface area contributed by atoms with Crippen LogP contribution in [0.1, 0.15) is 27.7 Å². The van der Waals surface area contributed by atoms with Crippen LogP contribution >= 0.6 is 0 Å². The molecular weight excluding hydrogens is 228 g/mol. The van der Waals surface area contributed by atoms with Gasteiger partial charge in [-0.05, 0) is 17.8 Å². The Bertz CT molecular complexity index is 369. The third kappa shape index (κ3) is 4.03. The highest BCUT2D eigenvalue weighted by Gasteiger charge is 2.17. The summed E-state index contributed by atoms with van der Waals surface area (Å²) in [6.07, 6.45) is 0. The van der Waals surface area contributed by atoms with Crippen molar-refractivity contribution in [3.63, 3.8) is 0 Å². The fourth-order valence-corrected chi connectivity index (χ4v) is 2.09. The first-order valence-corrected chi connectivity index (χ1v) is 6.29. The standard InChI is InChI=1S/C12H24N6/c1-7(2)9(8(3)4)6-15-10-5-11(18-14)17-12(13)16-10/h5,7-9H,6,14H2,1-4H3,(H4,13,15,16,17,18). The normalized spacial score (nSPS) is 11.3. The van der Waals surface area contributed by atoms with Crippen LogP contribution in [-0.4, -0.2) is 16.5 Å². The van der Waals surface area contributed by atoms with Crippen LogP contribution in [-0.2, 0) is 0 Å². The number of aromatic nitrogens is 2. The minimum Gasteiger partial charge on any atom is -0.370 e. The van der Waals surface area contributed by atoms with Crippen molar-refractivity contribution >= 4 is 17.6 Å². The highest BCUT2D eigenvalue weighted by molar-refractivity contribution is 5.50. The molecule has 1 aromatic heterocycles. The molecule has 0 fully saturated rings. The molecule has 0 amide bonds. The van der Waals surface area contributed by atoms with E-state index < -0.39 is 0 Å². The fourth-order valence-electron chi connectivity index (χ4n) is 2.09. The van der Waals surface area contributed by atoms with Gasteiger partial charge in [0.2, 0.25) is 5.95 Å². The minimum absolute atomic E-state index is 0.207. The van der Waals surface area contributed by atoms with Crippen LogP contribution in [0.3, 0.4) is 0 Å². The monoisotopic (exact) mass is 252 g/mol. The Kier molecular flexibility index (Phi) is 5.15. The van der Waals surface area contributed by atoms with Gasteiger partial charge >= 0.3 is 0 Å². The smallest absolute Gasteiger partial charge is 0.223 e. The lowest BCUT2D eigenvalue weighted by Gasteiger charge is -2.25. The second kappa shape index (κ2) is 6.39. The number of hydrogen-bond acceptors (Lipinski definition) is 6. The molecule has 0 aliphatic heterocycles. The van der Waals surface area contributed by atoms with E-state index in [2.05, 4.69) is 48.4 Å². The zero-order valence-electron chi connectivity index (χ0n) is 11.6. The number of nitrogens with zero attached hydrogens (tertiary/aromatic N) is 2. The van der Waals surface area contributed by atoms with Gasteiger partial charge in [-0.15, -0.1) is 0 Å². The number of nitrogens with one attached hydrogen (secondary N) is 2. The predicted molar refractivity (Wildman–Crippen MR) is 75.9 cm³/mol. The van der Waals surface area contributed by atoms with E-state index in [1.807, 2.05) is 0 Å². The molecule has 6 heteroatoms. The molecule has 0 aliphatic rings. The summed E-state index contributed by atoms with van der Waals surface area (Å²) in [4.78, 5) is 8.07. The second-order valence-electron chi connectivity index (χ2n) is 5.17. The number of hydrazine groups is 1. The zero-order valence-corrected chi connectivity index (χ0v) is 11.6. The van der Waals surface area contributed by atoms with Crippen molar-refractivity contribution in [3.8, 4) is 0 Å². The van der Waals surface area contributed by atoms with Crippen LogP contribution in [0.2, 0.25) is 0 Å². The Morgan fingerprint density at radius 3 is 2.17 bits per heavy atom. The van der Waals surface area contributed by atoms with E-state index in [0.717, 1.165) is 6.54 Å². The van der Waals surface area contributed by atoms with Crippen LogP contribution in [0, 0.1) is 17.8 Å². The van der Waals surface area contributed by atoms with Gasteiger partial charge in [-0.1, -0.05) is 27.7 Å². The summed E-state index contributed by atoms with van der Waals surface area (Å²) in [5.41, 5.74) is 8.07. The third-order valence-electron chi connectivity index (χ3n) is 3.12. The third-order valence-corrected chi connectivity index (χ3v) is 3.12. The summed E-state index contributed by atoms with van der Waals surface area (Å²) in [6, 6.07) is 1.74. The molecule has 0 spiro atoms. The molecule has 0 atom stereocenters. The molecule has 18 heavy (non-hydrogen) atoms. The Balaban J connectivity index is 2.70. The van der Waals surface area contributed by atoms with Crippen molar-refractivity contribution in [2.75, 3.05) is 23.0 Å². The van der Waals surface area contributed by atoms with Crippen LogP contribution in [0.15, 0.2) is 6.07 Å². The number of nitrogens with two attached hydrogens (primary N) is 2. The molecule has 0 aliphatic carbocycles. The molecule has 0 aromatic carbocycles. The van der Waals surface area contributed by atoms with Crippen LogP contribution in [0.25, 0.3) is 0 Å². The summed E-state index contributed by atoms with van der Waals surface area (Å²) in [5, 5.41) is 3.30. The van der Waals surface area contributed by atoms with E-state index in [1.54, 1.807) is 6.07 Å². The first-order valence-electron chi connectivity index (χ1n) is 6.29. The van der Waals surface area contributed by atoms with Gasteiger partial charge in [0.05, 0.1) is 0 Å². The predicted octanol–water partition coefficient (Wildman–Crippen LogP) is 1.68. The van der Waals surface area contributed by atoms with E-state index in [-0.39, 0.29) is 5.95 Å². The van der Waals surface area contributed by atoms with Gasteiger partial charge in [0.1, 0.15) is 11.6 Å². The molecular formula is C12H24N6. The van der Waals surface area contributed by atoms with E-state index in [1.165, 1.54) is 0 Å². The van der Waals surface area contributed by atoms with E-state index in [9.17, 15) is 0 Å². The molecule has 0 bridgehead atoms. The van der Waals surface area contributed by atoms with Gasteiger partial charge in [-0.2, -0.15) is 9.97 Å². The Labute approximate surface area is 109 Å². The van der Waals surface area contributed by atoms with Gasteiger partial charge in [0.25, 0.3) is 0 Å². The van der Waals surface area contributed by atoms with Crippen molar-refractivity contribution in [3.05, 3.63) is 6.07 Å². The zero-order chi connectivity index (χ0) is 13.7.